The molecule has 0 bridgehead atoms. The average molecular weight is 232 g/mol. The van der Waals surface area contributed by atoms with E-state index in [2.05, 4.69) is 11.4 Å². The lowest BCUT2D eigenvalue weighted by molar-refractivity contribution is -0.000885. The monoisotopic (exact) mass is 232 g/mol. The Balaban J connectivity index is 2.20. The second kappa shape index (κ2) is 6.39. The molecule has 0 aliphatic rings. The lowest BCUT2D eigenvalue weighted by atomic mass is 10.1. The van der Waals surface area contributed by atoms with Crippen LogP contribution in [0, 0.1) is 11.3 Å². The standard InChI is InChI=1S/C14H20N2O/c1-14(2,3)17-9-8-16-11-13-6-4-12(10-15)5-7-13/h4-7,16H,8-9,11H2,1-3H3. The van der Waals surface area contributed by atoms with E-state index in [0.29, 0.717) is 12.2 Å². The number of hydrogen-bond donors (Lipinski definition) is 1. The van der Waals surface area contributed by atoms with E-state index in [1.807, 2.05) is 45.0 Å². The molecule has 0 heterocycles. The number of nitrogens with one attached hydrogen (secondary N) is 1. The third-order valence-electron chi connectivity index (χ3n) is 2.23. The normalized spacial score (nSPS) is 11.2. The van der Waals surface area contributed by atoms with Gasteiger partial charge in [-0.15, -0.1) is 0 Å². The Morgan fingerprint density at radius 3 is 2.41 bits per heavy atom. The molecule has 1 rings (SSSR count). The van der Waals surface area contributed by atoms with Gasteiger partial charge in [-0.3, -0.25) is 0 Å². The van der Waals surface area contributed by atoms with Gasteiger partial charge in [-0.25, -0.2) is 0 Å². The minimum atomic E-state index is -0.0733. The van der Waals surface area contributed by atoms with Gasteiger partial charge >= 0.3 is 0 Å². The third-order valence-corrected chi connectivity index (χ3v) is 2.23. The number of nitrogens with zero attached hydrogens (tertiary/aromatic N) is 1. The van der Waals surface area contributed by atoms with Crippen LogP contribution in [0.4, 0.5) is 0 Å². The van der Waals surface area contributed by atoms with Gasteiger partial charge in [-0.2, -0.15) is 5.26 Å². The number of hydrogen-bond acceptors (Lipinski definition) is 3. The molecule has 0 amide bonds. The molecule has 0 saturated heterocycles. The van der Waals surface area contributed by atoms with Gasteiger partial charge in [-0.05, 0) is 38.5 Å². The molecule has 0 aliphatic heterocycles. The zero-order valence-electron chi connectivity index (χ0n) is 10.8. The first-order chi connectivity index (χ1) is 8.01. The first kappa shape index (κ1) is 13.7. The molecule has 17 heavy (non-hydrogen) atoms. The van der Waals surface area contributed by atoms with Crippen molar-refractivity contribution in [3.8, 4) is 6.07 Å². The smallest absolute Gasteiger partial charge is 0.0991 e. The maximum Gasteiger partial charge on any atom is 0.0991 e. The van der Waals surface area contributed by atoms with Gasteiger partial charge in [0.05, 0.1) is 23.8 Å². The van der Waals surface area contributed by atoms with Gasteiger partial charge in [-0.1, -0.05) is 12.1 Å². The highest BCUT2D eigenvalue weighted by atomic mass is 16.5. The maximum atomic E-state index is 8.67. The molecular weight excluding hydrogens is 212 g/mol. The number of ether oxygens (including phenoxy) is 1. The third kappa shape index (κ3) is 6.06. The Kier molecular flexibility index (Phi) is 5.14. The summed E-state index contributed by atoms with van der Waals surface area (Å²) in [7, 11) is 0. The van der Waals surface area contributed by atoms with E-state index < -0.39 is 0 Å². The largest absolute Gasteiger partial charge is 0.375 e. The van der Waals surface area contributed by atoms with Crippen LogP contribution in [-0.4, -0.2) is 18.8 Å². The van der Waals surface area contributed by atoms with Gasteiger partial charge < -0.3 is 10.1 Å². The summed E-state index contributed by atoms with van der Waals surface area (Å²) in [5, 5.41) is 12.0. The highest BCUT2D eigenvalue weighted by Crippen LogP contribution is 2.05. The fraction of sp³-hybridized carbons (Fsp3) is 0.500. The fourth-order valence-corrected chi connectivity index (χ4v) is 1.36. The van der Waals surface area contributed by atoms with Crippen LogP contribution >= 0.6 is 0 Å². The van der Waals surface area contributed by atoms with Crippen molar-refractivity contribution in [1.29, 1.82) is 5.26 Å². The average Bonchev–Trinajstić information content (AvgIpc) is 2.28. The van der Waals surface area contributed by atoms with Crippen LogP contribution in [0.3, 0.4) is 0 Å². The second-order valence-electron chi connectivity index (χ2n) is 4.95. The van der Waals surface area contributed by atoms with Gasteiger partial charge in [0.1, 0.15) is 0 Å². The fourth-order valence-electron chi connectivity index (χ4n) is 1.36. The highest BCUT2D eigenvalue weighted by molar-refractivity contribution is 5.31. The zero-order chi connectivity index (χ0) is 12.7. The Morgan fingerprint density at radius 2 is 1.88 bits per heavy atom. The van der Waals surface area contributed by atoms with E-state index in [4.69, 9.17) is 10.00 Å². The SMILES string of the molecule is CC(C)(C)OCCNCc1ccc(C#N)cc1. The zero-order valence-corrected chi connectivity index (χ0v) is 10.8. The molecule has 3 nitrogen and oxygen atoms in total. The quantitative estimate of drug-likeness (QED) is 0.793. The van der Waals surface area contributed by atoms with Crippen LogP contribution in [0.1, 0.15) is 31.9 Å². The first-order valence-corrected chi connectivity index (χ1v) is 5.85. The van der Waals surface area contributed by atoms with Gasteiger partial charge in [0, 0.05) is 13.1 Å². The minimum Gasteiger partial charge on any atom is -0.375 e. The van der Waals surface area contributed by atoms with Crippen molar-refractivity contribution in [1.82, 2.24) is 5.32 Å². The highest BCUT2D eigenvalue weighted by Gasteiger charge is 2.08. The number of rotatable bonds is 5. The summed E-state index contributed by atoms with van der Waals surface area (Å²) in [6.45, 7) is 8.49. The van der Waals surface area contributed by atoms with Gasteiger partial charge in [0.15, 0.2) is 0 Å². The van der Waals surface area contributed by atoms with E-state index in [9.17, 15) is 0 Å². The number of benzene rings is 1. The summed E-state index contributed by atoms with van der Waals surface area (Å²) < 4.78 is 5.60. The molecule has 0 saturated carbocycles. The predicted octanol–water partition coefficient (Wildman–Crippen LogP) is 2.46. The molecular formula is C14H20N2O. The molecule has 0 fully saturated rings. The van der Waals surface area contributed by atoms with E-state index in [0.717, 1.165) is 13.1 Å². The molecule has 0 aliphatic carbocycles. The van der Waals surface area contributed by atoms with Crippen molar-refractivity contribution in [3.05, 3.63) is 35.4 Å². The van der Waals surface area contributed by atoms with Crippen LogP contribution < -0.4 is 5.32 Å². The van der Waals surface area contributed by atoms with E-state index in [-0.39, 0.29) is 5.60 Å². The molecule has 1 aromatic carbocycles. The van der Waals surface area contributed by atoms with Gasteiger partial charge in [0.2, 0.25) is 0 Å². The van der Waals surface area contributed by atoms with Crippen molar-refractivity contribution in [2.75, 3.05) is 13.2 Å². The summed E-state index contributed by atoms with van der Waals surface area (Å²) in [4.78, 5) is 0. The molecule has 0 atom stereocenters. The Morgan fingerprint density at radius 1 is 1.24 bits per heavy atom. The van der Waals surface area contributed by atoms with Crippen molar-refractivity contribution in [3.63, 3.8) is 0 Å². The lowest BCUT2D eigenvalue weighted by Crippen LogP contribution is -2.26. The summed E-state index contributed by atoms with van der Waals surface area (Å²) in [5.41, 5.74) is 1.81. The molecule has 3 heteroatoms. The molecule has 92 valence electrons. The summed E-state index contributed by atoms with van der Waals surface area (Å²) in [6, 6.07) is 9.72. The maximum absolute atomic E-state index is 8.67. The van der Waals surface area contributed by atoms with Crippen LogP contribution in [-0.2, 0) is 11.3 Å². The summed E-state index contributed by atoms with van der Waals surface area (Å²) in [5.74, 6) is 0. The van der Waals surface area contributed by atoms with Crippen molar-refractivity contribution in [2.45, 2.75) is 32.9 Å². The van der Waals surface area contributed by atoms with Crippen LogP contribution in [0.15, 0.2) is 24.3 Å². The van der Waals surface area contributed by atoms with E-state index in [1.165, 1.54) is 5.56 Å². The minimum absolute atomic E-state index is 0.0733. The predicted molar refractivity (Wildman–Crippen MR) is 68.6 cm³/mol. The lowest BCUT2D eigenvalue weighted by Gasteiger charge is -2.19. The Hall–Kier alpha value is -1.37. The van der Waals surface area contributed by atoms with Crippen molar-refractivity contribution >= 4 is 0 Å². The number of nitriles is 1. The molecule has 1 aromatic rings. The molecule has 0 aromatic heterocycles. The van der Waals surface area contributed by atoms with E-state index in [1.54, 1.807) is 0 Å². The van der Waals surface area contributed by atoms with Crippen LogP contribution in [0.5, 0.6) is 0 Å². The molecule has 0 unspecified atom stereocenters. The van der Waals surface area contributed by atoms with Crippen molar-refractivity contribution in [2.24, 2.45) is 0 Å². The molecule has 1 N–H and O–H groups in total. The Labute approximate surface area is 103 Å². The van der Waals surface area contributed by atoms with Gasteiger partial charge in [0.25, 0.3) is 0 Å². The Bertz CT molecular complexity index is 371. The van der Waals surface area contributed by atoms with Crippen molar-refractivity contribution < 1.29 is 4.74 Å². The van der Waals surface area contributed by atoms with Crippen LogP contribution in [0.25, 0.3) is 0 Å². The molecule has 0 radical (unpaired) electrons. The first-order valence-electron chi connectivity index (χ1n) is 5.85. The van der Waals surface area contributed by atoms with E-state index >= 15 is 0 Å². The summed E-state index contributed by atoms with van der Waals surface area (Å²) >= 11 is 0. The molecule has 0 spiro atoms. The topological polar surface area (TPSA) is 45.0 Å². The van der Waals surface area contributed by atoms with Crippen LogP contribution in [0.2, 0.25) is 0 Å². The summed E-state index contributed by atoms with van der Waals surface area (Å²) in [6.07, 6.45) is 0. The second-order valence-corrected chi connectivity index (χ2v) is 4.95.